The van der Waals surface area contributed by atoms with Crippen molar-refractivity contribution in [3.63, 3.8) is 0 Å². The topological polar surface area (TPSA) is 60.7 Å². The van der Waals surface area contributed by atoms with Crippen LogP contribution < -0.4 is 0 Å². The maximum atomic E-state index is 8.07. The van der Waals surface area contributed by atoms with E-state index in [0.717, 1.165) is 12.8 Å². The molecule has 0 unspecified atom stereocenters. The molecule has 0 radical (unpaired) electrons. The zero-order valence-electron chi connectivity index (χ0n) is 10.8. The Morgan fingerprint density at radius 2 is 1.06 bits per heavy atom. The average Bonchev–Trinajstić information content (AvgIpc) is 2.21. The molecule has 0 aliphatic rings. The van der Waals surface area contributed by atoms with E-state index in [9.17, 15) is 0 Å². The molecule has 0 aromatic carbocycles. The molecule has 18 heavy (non-hydrogen) atoms. The molecule has 0 heterocycles. The van der Waals surface area contributed by atoms with E-state index in [4.69, 9.17) is 61.8 Å². The third-order valence-corrected chi connectivity index (χ3v) is 0.512. The number of hydrogen-bond donors (Lipinski definition) is 3. The van der Waals surface area contributed by atoms with Gasteiger partial charge in [-0.2, -0.15) is 0 Å². The maximum absolute atomic E-state index is 8.07. The van der Waals surface area contributed by atoms with Gasteiger partial charge >= 0.3 is 78.2 Å². The second kappa shape index (κ2) is 50.3. The summed E-state index contributed by atoms with van der Waals surface area (Å²) in [6.07, 6.45) is 2.04. The van der Waals surface area contributed by atoms with Crippen LogP contribution in [-0.2, 0) is 31.7 Å². The number of rotatable bonds is 2. The third-order valence-electron chi connectivity index (χ3n) is 0.512. The Morgan fingerprint density at radius 3 is 1.06 bits per heavy atom. The Kier molecular flexibility index (Phi) is 91.2. The van der Waals surface area contributed by atoms with E-state index in [2.05, 4.69) is 6.92 Å². The van der Waals surface area contributed by atoms with Gasteiger partial charge < -0.3 is 15.3 Å². The zero-order valence-corrected chi connectivity index (χ0v) is 17.7. The minimum atomic E-state index is -1.92. The van der Waals surface area contributed by atoms with Gasteiger partial charge in [0.15, 0.2) is 0 Å². The van der Waals surface area contributed by atoms with Crippen molar-refractivity contribution in [3.05, 3.63) is 0 Å². The van der Waals surface area contributed by atoms with Crippen LogP contribution in [0.5, 0.6) is 0 Å². The first-order valence-electron chi connectivity index (χ1n) is 5.01. The van der Waals surface area contributed by atoms with Crippen molar-refractivity contribution in [2.24, 2.45) is 0 Å². The van der Waals surface area contributed by atoms with Crippen molar-refractivity contribution in [1.29, 1.82) is 0 Å². The van der Waals surface area contributed by atoms with Crippen LogP contribution in [0.4, 0.5) is 0 Å². The molecule has 10 heteroatoms. The fourth-order valence-corrected chi connectivity index (χ4v) is 0.158. The predicted molar refractivity (Wildman–Crippen MR) is 76.8 cm³/mol. The van der Waals surface area contributed by atoms with Crippen LogP contribution in [0.15, 0.2) is 0 Å². The SMILES string of the molecule is CCCCO.CCO.CCO.[Cl][Ti]([Cl])[Cl].[Cl][Ti][Cl]. The van der Waals surface area contributed by atoms with E-state index in [0.29, 0.717) is 6.61 Å². The Hall–Kier alpha value is 2.76. The number of aliphatic hydroxyl groups is 3. The van der Waals surface area contributed by atoms with Gasteiger partial charge in [-0.1, -0.05) is 13.3 Å². The van der Waals surface area contributed by atoms with Crippen molar-refractivity contribution in [2.45, 2.75) is 33.6 Å². The molecule has 0 amide bonds. The van der Waals surface area contributed by atoms with Crippen LogP contribution >= 0.6 is 46.5 Å². The number of hydrogen-bond acceptors (Lipinski definition) is 3. The summed E-state index contributed by atoms with van der Waals surface area (Å²) < 4.78 is 0. The summed E-state index contributed by atoms with van der Waals surface area (Å²) >= 11 is -2.47. The first-order chi connectivity index (χ1) is 8.39. The average molecular weight is 439 g/mol. The summed E-state index contributed by atoms with van der Waals surface area (Å²) in [7, 11) is 24.7. The fraction of sp³-hybridized carbons (Fsp3) is 1.00. The van der Waals surface area contributed by atoms with Crippen molar-refractivity contribution < 1.29 is 47.0 Å². The van der Waals surface area contributed by atoms with Crippen molar-refractivity contribution in [1.82, 2.24) is 0 Å². The molecule has 0 aromatic heterocycles. The van der Waals surface area contributed by atoms with Crippen LogP contribution in [0.25, 0.3) is 0 Å². The first-order valence-corrected chi connectivity index (χ1v) is 15.8. The molecule has 0 saturated heterocycles. The van der Waals surface area contributed by atoms with Gasteiger partial charge in [0.2, 0.25) is 0 Å². The first kappa shape index (κ1) is 32.6. The predicted octanol–water partition coefficient (Wildman–Crippen LogP) is 4.22. The van der Waals surface area contributed by atoms with E-state index in [1.54, 1.807) is 13.8 Å². The number of unbranched alkanes of at least 4 members (excludes halogenated alkanes) is 1. The molecule has 0 aromatic rings. The molecule has 0 rings (SSSR count). The number of halogens is 5. The van der Waals surface area contributed by atoms with Gasteiger partial charge in [0.25, 0.3) is 0 Å². The molecule has 0 aliphatic heterocycles. The van der Waals surface area contributed by atoms with Crippen LogP contribution in [0.1, 0.15) is 33.6 Å². The molecule has 3 nitrogen and oxygen atoms in total. The van der Waals surface area contributed by atoms with E-state index in [1.165, 1.54) is 0 Å². The van der Waals surface area contributed by atoms with Gasteiger partial charge in [0, 0.05) is 19.8 Å². The van der Waals surface area contributed by atoms with E-state index in [1.807, 2.05) is 0 Å². The molecule has 115 valence electrons. The van der Waals surface area contributed by atoms with Gasteiger partial charge in [-0.3, -0.25) is 0 Å². The molecule has 0 saturated carbocycles. The van der Waals surface area contributed by atoms with Gasteiger partial charge in [-0.05, 0) is 20.3 Å². The van der Waals surface area contributed by atoms with E-state index < -0.39 is 31.7 Å². The molecule has 0 atom stereocenters. The molecule has 0 bridgehead atoms. The standard InChI is InChI=1S/C4H10O.2C2H6O.5ClH.2Ti/c1-2-3-4-5;2*1-2-3;;;;;;;/h5H,2-4H2,1H3;2*3H,2H2,1H3;5*1H;;/q;;;;;;;;+2;+3/p-5. The quantitative estimate of drug-likeness (QED) is 0.565. The van der Waals surface area contributed by atoms with Crippen LogP contribution in [0.3, 0.4) is 0 Å². The van der Waals surface area contributed by atoms with E-state index in [-0.39, 0.29) is 13.2 Å². The van der Waals surface area contributed by atoms with Gasteiger partial charge in [0.1, 0.15) is 0 Å². The summed E-state index contributed by atoms with van der Waals surface area (Å²) in [5, 5.41) is 23.2. The monoisotopic (exact) mass is 437 g/mol. The molecular weight excluding hydrogens is 417 g/mol. The van der Waals surface area contributed by atoms with Crippen molar-refractivity contribution >= 4 is 46.5 Å². The summed E-state index contributed by atoms with van der Waals surface area (Å²) in [5.41, 5.74) is 0. The van der Waals surface area contributed by atoms with Gasteiger partial charge in [-0.25, -0.2) is 0 Å². The number of aliphatic hydroxyl groups excluding tert-OH is 3. The molecule has 0 fully saturated rings. The Bertz CT molecular complexity index is 78.2. The summed E-state index contributed by atoms with van der Waals surface area (Å²) in [5.74, 6) is 0. The Balaban J connectivity index is -0.0000000400. The molecule has 0 aliphatic carbocycles. The fourth-order valence-electron chi connectivity index (χ4n) is 0.158. The van der Waals surface area contributed by atoms with Gasteiger partial charge in [0.05, 0.1) is 0 Å². The summed E-state index contributed by atoms with van der Waals surface area (Å²) in [6.45, 7) is 6.26. The van der Waals surface area contributed by atoms with Crippen LogP contribution in [0, 0.1) is 0 Å². The summed E-state index contributed by atoms with van der Waals surface area (Å²) in [4.78, 5) is 0. The molecule has 3 N–H and O–H groups in total. The van der Waals surface area contributed by atoms with Crippen molar-refractivity contribution in [3.8, 4) is 0 Å². The Morgan fingerprint density at radius 1 is 0.889 bits per heavy atom. The Labute approximate surface area is 145 Å². The normalized spacial score (nSPS) is 6.61. The van der Waals surface area contributed by atoms with E-state index >= 15 is 0 Å². The van der Waals surface area contributed by atoms with Crippen LogP contribution in [0.2, 0.25) is 0 Å². The van der Waals surface area contributed by atoms with Gasteiger partial charge in [-0.15, -0.1) is 0 Å². The van der Waals surface area contributed by atoms with Crippen LogP contribution in [-0.4, -0.2) is 35.1 Å². The molecular formula is C8H22Cl5O3Ti2. The zero-order chi connectivity index (χ0) is 15.8. The summed E-state index contributed by atoms with van der Waals surface area (Å²) in [6, 6.07) is 0. The third kappa shape index (κ3) is 261. The second-order valence-corrected chi connectivity index (χ2v) is 12.3. The second-order valence-electron chi connectivity index (χ2n) is 2.00. The minimum absolute atomic E-state index is 0.250. The van der Waals surface area contributed by atoms with Crippen molar-refractivity contribution in [2.75, 3.05) is 19.8 Å². The molecule has 0 spiro atoms.